The normalized spacial score (nSPS) is 31.4. The molecule has 1 aromatic rings. The third-order valence-corrected chi connectivity index (χ3v) is 5.49. The van der Waals surface area contributed by atoms with Crippen molar-refractivity contribution in [3.05, 3.63) is 35.9 Å². The fraction of sp³-hybridized carbons (Fsp3) is 0.632. The second-order valence-corrected chi connectivity index (χ2v) is 7.10. The number of carbonyl (C=O) groups excluding carboxylic acids is 1. The first-order valence-corrected chi connectivity index (χ1v) is 8.76. The second kappa shape index (κ2) is 7.45. The summed E-state index contributed by atoms with van der Waals surface area (Å²) in [5.74, 6) is 0.684. The van der Waals surface area contributed by atoms with E-state index in [4.69, 9.17) is 4.74 Å². The lowest BCUT2D eigenvalue weighted by atomic mass is 9.78. The molecular weight excluding hydrogens is 288 g/mol. The molecule has 1 aromatic carbocycles. The Morgan fingerprint density at radius 1 is 1.26 bits per heavy atom. The highest BCUT2D eigenvalue weighted by Gasteiger charge is 2.39. The Morgan fingerprint density at radius 2 is 2.04 bits per heavy atom. The van der Waals surface area contributed by atoms with Crippen LogP contribution < -0.4 is 5.32 Å². The van der Waals surface area contributed by atoms with Crippen LogP contribution in [0.25, 0.3) is 0 Å². The van der Waals surface area contributed by atoms with Crippen molar-refractivity contribution >= 4 is 5.97 Å². The van der Waals surface area contributed by atoms with E-state index >= 15 is 0 Å². The molecule has 0 amide bonds. The number of hydrogen-bond donors (Lipinski definition) is 1. The third kappa shape index (κ3) is 3.93. The number of carbonyl (C=O) groups is 1. The highest BCUT2D eigenvalue weighted by atomic mass is 16.5. The van der Waals surface area contributed by atoms with Gasteiger partial charge in [0.05, 0.1) is 13.0 Å². The molecule has 0 spiro atoms. The van der Waals surface area contributed by atoms with E-state index < -0.39 is 0 Å². The van der Waals surface area contributed by atoms with Gasteiger partial charge in [-0.15, -0.1) is 0 Å². The van der Waals surface area contributed by atoms with Crippen LogP contribution in [-0.2, 0) is 16.1 Å². The SMILES string of the molecule is COC(=O)C1CC(NCc2ccccc2)CN(C2CCC2C)C1. The Hall–Kier alpha value is -1.39. The molecule has 1 aliphatic heterocycles. The van der Waals surface area contributed by atoms with E-state index in [1.165, 1.54) is 25.5 Å². The molecule has 23 heavy (non-hydrogen) atoms. The summed E-state index contributed by atoms with van der Waals surface area (Å²) < 4.78 is 5.01. The molecule has 4 heteroatoms. The molecule has 0 aromatic heterocycles. The van der Waals surface area contributed by atoms with Gasteiger partial charge >= 0.3 is 5.97 Å². The van der Waals surface area contributed by atoms with Crippen molar-refractivity contribution in [3.8, 4) is 0 Å². The van der Waals surface area contributed by atoms with E-state index in [1.807, 2.05) is 6.07 Å². The van der Waals surface area contributed by atoms with E-state index in [1.54, 1.807) is 0 Å². The first-order valence-electron chi connectivity index (χ1n) is 8.76. The zero-order chi connectivity index (χ0) is 16.2. The maximum Gasteiger partial charge on any atom is 0.310 e. The molecule has 1 aliphatic carbocycles. The van der Waals surface area contributed by atoms with Gasteiger partial charge in [-0.1, -0.05) is 37.3 Å². The van der Waals surface area contributed by atoms with Gasteiger partial charge in [-0.05, 0) is 30.7 Å². The van der Waals surface area contributed by atoms with Gasteiger partial charge in [-0.25, -0.2) is 0 Å². The quantitative estimate of drug-likeness (QED) is 0.847. The van der Waals surface area contributed by atoms with E-state index in [0.29, 0.717) is 12.1 Å². The van der Waals surface area contributed by atoms with Crippen LogP contribution in [0.5, 0.6) is 0 Å². The van der Waals surface area contributed by atoms with E-state index in [2.05, 4.69) is 41.4 Å². The number of esters is 1. The van der Waals surface area contributed by atoms with Crippen LogP contribution in [0.3, 0.4) is 0 Å². The number of hydrogen-bond acceptors (Lipinski definition) is 4. The molecule has 1 saturated carbocycles. The van der Waals surface area contributed by atoms with Crippen LogP contribution in [0, 0.1) is 11.8 Å². The molecule has 2 fully saturated rings. The van der Waals surface area contributed by atoms with Crippen molar-refractivity contribution in [2.24, 2.45) is 11.8 Å². The van der Waals surface area contributed by atoms with Gasteiger partial charge in [0.2, 0.25) is 0 Å². The van der Waals surface area contributed by atoms with Crippen LogP contribution in [0.15, 0.2) is 30.3 Å². The Morgan fingerprint density at radius 3 is 2.65 bits per heavy atom. The van der Waals surface area contributed by atoms with Crippen molar-refractivity contribution in [2.45, 2.75) is 44.8 Å². The lowest BCUT2D eigenvalue weighted by Gasteiger charge is -2.48. The first kappa shape index (κ1) is 16.5. The summed E-state index contributed by atoms with van der Waals surface area (Å²) in [4.78, 5) is 14.6. The summed E-state index contributed by atoms with van der Waals surface area (Å²) in [5, 5.41) is 3.65. The van der Waals surface area contributed by atoms with E-state index in [-0.39, 0.29) is 11.9 Å². The summed E-state index contributed by atoms with van der Waals surface area (Å²) in [7, 11) is 1.50. The van der Waals surface area contributed by atoms with Crippen LogP contribution in [0.4, 0.5) is 0 Å². The predicted molar refractivity (Wildman–Crippen MR) is 91.0 cm³/mol. The summed E-state index contributed by atoms with van der Waals surface area (Å²) in [6, 6.07) is 11.4. The van der Waals surface area contributed by atoms with Crippen molar-refractivity contribution in [1.29, 1.82) is 0 Å². The second-order valence-electron chi connectivity index (χ2n) is 7.10. The Bertz CT molecular complexity index is 519. The fourth-order valence-corrected chi connectivity index (χ4v) is 3.94. The van der Waals surface area contributed by atoms with E-state index in [0.717, 1.165) is 32.0 Å². The number of ether oxygens (including phenoxy) is 1. The van der Waals surface area contributed by atoms with Crippen molar-refractivity contribution in [2.75, 3.05) is 20.2 Å². The minimum atomic E-state index is -0.0619. The lowest BCUT2D eigenvalue weighted by molar-refractivity contribution is -0.148. The number of methoxy groups -OCH3 is 1. The van der Waals surface area contributed by atoms with Crippen LogP contribution in [-0.4, -0.2) is 43.2 Å². The van der Waals surface area contributed by atoms with Crippen molar-refractivity contribution in [3.63, 3.8) is 0 Å². The lowest BCUT2D eigenvalue weighted by Crippen LogP contribution is -2.57. The standard InChI is InChI=1S/C19H28N2O2/c1-14-8-9-18(14)21-12-16(19(22)23-2)10-17(13-21)20-11-15-6-4-3-5-7-15/h3-7,14,16-18,20H,8-13H2,1-2H3. The molecule has 0 bridgehead atoms. The van der Waals surface area contributed by atoms with Crippen LogP contribution in [0.1, 0.15) is 31.7 Å². The molecule has 2 aliphatic rings. The summed E-state index contributed by atoms with van der Waals surface area (Å²) in [6.07, 6.45) is 3.45. The Labute approximate surface area is 139 Å². The average Bonchev–Trinajstić information content (AvgIpc) is 2.58. The Balaban J connectivity index is 1.62. The minimum absolute atomic E-state index is 0.00479. The zero-order valence-electron chi connectivity index (χ0n) is 14.2. The number of rotatable bonds is 5. The zero-order valence-corrected chi connectivity index (χ0v) is 14.2. The van der Waals surface area contributed by atoms with Gasteiger partial charge in [0, 0.05) is 31.7 Å². The van der Waals surface area contributed by atoms with Gasteiger partial charge in [-0.3, -0.25) is 9.69 Å². The molecule has 4 unspecified atom stereocenters. The molecule has 4 atom stereocenters. The van der Waals surface area contributed by atoms with Gasteiger partial charge < -0.3 is 10.1 Å². The van der Waals surface area contributed by atoms with Crippen molar-refractivity contribution < 1.29 is 9.53 Å². The molecule has 3 rings (SSSR count). The number of nitrogens with one attached hydrogen (secondary N) is 1. The molecule has 1 N–H and O–H groups in total. The number of benzene rings is 1. The van der Waals surface area contributed by atoms with E-state index in [9.17, 15) is 4.79 Å². The van der Waals surface area contributed by atoms with Gasteiger partial charge in [0.25, 0.3) is 0 Å². The highest BCUT2D eigenvalue weighted by molar-refractivity contribution is 5.72. The first-order chi connectivity index (χ1) is 11.2. The fourth-order valence-electron chi connectivity index (χ4n) is 3.94. The summed E-state index contributed by atoms with van der Waals surface area (Å²) >= 11 is 0. The molecular formula is C19H28N2O2. The number of piperidine rings is 1. The molecule has 4 nitrogen and oxygen atoms in total. The molecule has 1 saturated heterocycles. The topological polar surface area (TPSA) is 41.6 Å². The molecule has 126 valence electrons. The molecule has 0 radical (unpaired) electrons. The number of nitrogens with zero attached hydrogens (tertiary/aromatic N) is 1. The maximum atomic E-state index is 12.1. The Kier molecular flexibility index (Phi) is 5.34. The smallest absolute Gasteiger partial charge is 0.310 e. The summed E-state index contributed by atoms with van der Waals surface area (Å²) in [5.41, 5.74) is 1.29. The average molecular weight is 316 g/mol. The van der Waals surface area contributed by atoms with Crippen molar-refractivity contribution in [1.82, 2.24) is 10.2 Å². The van der Waals surface area contributed by atoms with Crippen LogP contribution >= 0.6 is 0 Å². The maximum absolute atomic E-state index is 12.1. The molecule has 1 heterocycles. The van der Waals surface area contributed by atoms with Gasteiger partial charge in [-0.2, -0.15) is 0 Å². The van der Waals surface area contributed by atoms with Gasteiger partial charge in [0.1, 0.15) is 0 Å². The highest BCUT2D eigenvalue weighted by Crippen LogP contribution is 2.34. The largest absolute Gasteiger partial charge is 0.469 e. The third-order valence-electron chi connectivity index (χ3n) is 5.49. The monoisotopic (exact) mass is 316 g/mol. The van der Waals surface area contributed by atoms with Crippen LogP contribution in [0.2, 0.25) is 0 Å². The number of likely N-dealkylation sites (tertiary alicyclic amines) is 1. The summed E-state index contributed by atoms with van der Waals surface area (Å²) in [6.45, 7) is 5.07. The predicted octanol–water partition coefficient (Wildman–Crippen LogP) is 2.44. The minimum Gasteiger partial charge on any atom is -0.469 e. The van der Waals surface area contributed by atoms with Gasteiger partial charge in [0.15, 0.2) is 0 Å².